The molecule has 0 radical (unpaired) electrons. The molecule has 0 aliphatic heterocycles. The van der Waals surface area contributed by atoms with Gasteiger partial charge in [0.15, 0.2) is 0 Å². The van der Waals surface area contributed by atoms with Crippen LogP contribution in [0.4, 0.5) is 11.4 Å². The van der Waals surface area contributed by atoms with Crippen molar-refractivity contribution in [3.63, 3.8) is 0 Å². The third-order valence-electron chi connectivity index (χ3n) is 3.94. The molecule has 0 unspecified atom stereocenters. The molecule has 2 aromatic carbocycles. The lowest BCUT2D eigenvalue weighted by atomic mass is 10.1. The number of halogens is 1. The van der Waals surface area contributed by atoms with Gasteiger partial charge in [-0.15, -0.1) is 0 Å². The quantitative estimate of drug-likeness (QED) is 0.448. The Kier molecular flexibility index (Phi) is 5.52. The van der Waals surface area contributed by atoms with E-state index < -0.39 is 10.8 Å². The van der Waals surface area contributed by atoms with E-state index in [0.717, 1.165) is 12.8 Å². The van der Waals surface area contributed by atoms with E-state index in [0.29, 0.717) is 16.8 Å². The number of rotatable bonds is 6. The Balaban J connectivity index is 1.71. The van der Waals surface area contributed by atoms with Crippen LogP contribution in [0.3, 0.4) is 0 Å². The summed E-state index contributed by atoms with van der Waals surface area (Å²) in [7, 11) is 0. The summed E-state index contributed by atoms with van der Waals surface area (Å²) in [6.07, 6.45) is 4.61. The number of nitrogens with one attached hydrogen (secondary N) is 2. The summed E-state index contributed by atoms with van der Waals surface area (Å²) in [6, 6.07) is 11.2. The summed E-state index contributed by atoms with van der Waals surface area (Å²) in [5.74, 6) is -0.690. The van der Waals surface area contributed by atoms with Gasteiger partial charge in [-0.2, -0.15) is 0 Å². The van der Waals surface area contributed by atoms with Crippen LogP contribution in [0.2, 0.25) is 5.02 Å². The zero-order valence-corrected chi connectivity index (χ0v) is 14.9. The summed E-state index contributed by atoms with van der Waals surface area (Å²) in [5, 5.41) is 16.5. The molecule has 0 saturated heterocycles. The minimum absolute atomic E-state index is 0.0252. The smallest absolute Gasteiger partial charge is 0.288 e. The van der Waals surface area contributed by atoms with Gasteiger partial charge in [0.05, 0.1) is 16.2 Å². The van der Waals surface area contributed by atoms with Gasteiger partial charge in [0.2, 0.25) is 5.91 Å². The van der Waals surface area contributed by atoms with Crippen molar-refractivity contribution in [2.24, 2.45) is 0 Å². The molecular weight excluding hydrogens is 370 g/mol. The molecule has 0 aromatic heterocycles. The highest BCUT2D eigenvalue weighted by molar-refractivity contribution is 6.32. The Bertz CT molecular complexity index is 938. The molecule has 0 spiro atoms. The van der Waals surface area contributed by atoms with Crippen molar-refractivity contribution in [1.82, 2.24) is 5.32 Å². The first-order valence-electron chi connectivity index (χ1n) is 8.27. The molecule has 2 amide bonds. The van der Waals surface area contributed by atoms with E-state index in [9.17, 15) is 19.7 Å². The van der Waals surface area contributed by atoms with Gasteiger partial charge in [-0.1, -0.05) is 29.8 Å². The second-order valence-corrected chi connectivity index (χ2v) is 6.49. The average Bonchev–Trinajstić information content (AvgIpc) is 3.45. The number of benzene rings is 2. The van der Waals surface area contributed by atoms with E-state index in [1.165, 1.54) is 24.3 Å². The van der Waals surface area contributed by atoms with Gasteiger partial charge in [-0.3, -0.25) is 19.7 Å². The van der Waals surface area contributed by atoms with Crippen LogP contribution in [-0.4, -0.2) is 22.8 Å². The van der Waals surface area contributed by atoms with Gasteiger partial charge in [0.1, 0.15) is 5.02 Å². The average molecular weight is 386 g/mol. The molecule has 2 N–H and O–H groups in total. The van der Waals surface area contributed by atoms with Crippen LogP contribution >= 0.6 is 11.6 Å². The number of para-hydroxylation sites is 1. The van der Waals surface area contributed by atoms with Gasteiger partial charge < -0.3 is 10.6 Å². The second kappa shape index (κ2) is 8.01. The van der Waals surface area contributed by atoms with E-state index in [1.54, 1.807) is 30.3 Å². The highest BCUT2D eigenvalue weighted by Crippen LogP contribution is 2.25. The molecule has 1 saturated carbocycles. The van der Waals surface area contributed by atoms with Crippen molar-refractivity contribution < 1.29 is 14.5 Å². The Labute approximate surface area is 160 Å². The number of nitro benzene ring substituents is 1. The fraction of sp³-hybridized carbons (Fsp3) is 0.158. The Morgan fingerprint density at radius 1 is 1.19 bits per heavy atom. The molecule has 2 aromatic rings. The van der Waals surface area contributed by atoms with Crippen molar-refractivity contribution in [2.75, 3.05) is 5.32 Å². The number of nitro groups is 1. The summed E-state index contributed by atoms with van der Waals surface area (Å²) in [4.78, 5) is 34.8. The number of carbonyl (C=O) groups excluding carboxylic acids is 2. The third kappa shape index (κ3) is 4.92. The monoisotopic (exact) mass is 385 g/mol. The molecular formula is C19H16ClN3O4. The van der Waals surface area contributed by atoms with Crippen LogP contribution in [0.25, 0.3) is 6.08 Å². The number of hydrogen-bond donors (Lipinski definition) is 2. The largest absolute Gasteiger partial charge is 0.349 e. The number of nitrogens with zero attached hydrogens (tertiary/aromatic N) is 1. The number of anilines is 1. The normalized spacial score (nSPS) is 13.4. The van der Waals surface area contributed by atoms with E-state index in [1.807, 2.05) is 0 Å². The van der Waals surface area contributed by atoms with E-state index in [4.69, 9.17) is 11.6 Å². The highest BCUT2D eigenvalue weighted by Gasteiger charge is 2.24. The Morgan fingerprint density at radius 2 is 1.93 bits per heavy atom. The maximum atomic E-state index is 12.3. The molecule has 138 valence electrons. The Hall–Kier alpha value is -3.19. The van der Waals surface area contributed by atoms with Gasteiger partial charge >= 0.3 is 0 Å². The molecule has 7 nitrogen and oxygen atoms in total. The Morgan fingerprint density at radius 3 is 2.63 bits per heavy atom. The summed E-state index contributed by atoms with van der Waals surface area (Å²) >= 11 is 5.77. The lowest BCUT2D eigenvalue weighted by Crippen LogP contribution is -2.26. The van der Waals surface area contributed by atoms with Crippen LogP contribution < -0.4 is 10.6 Å². The number of carbonyl (C=O) groups is 2. The van der Waals surface area contributed by atoms with Crippen molar-refractivity contribution in [3.8, 4) is 0 Å². The topological polar surface area (TPSA) is 101 Å². The maximum Gasteiger partial charge on any atom is 0.288 e. The molecule has 0 heterocycles. The molecule has 1 aliphatic carbocycles. The number of hydrogen-bond acceptors (Lipinski definition) is 4. The molecule has 1 aliphatic rings. The van der Waals surface area contributed by atoms with Gasteiger partial charge in [-0.05, 0) is 42.7 Å². The van der Waals surface area contributed by atoms with Crippen molar-refractivity contribution in [2.45, 2.75) is 18.9 Å². The first kappa shape index (κ1) is 18.6. The minimum atomic E-state index is -0.589. The van der Waals surface area contributed by atoms with Crippen molar-refractivity contribution in [3.05, 3.63) is 74.8 Å². The molecule has 3 rings (SSSR count). The van der Waals surface area contributed by atoms with Crippen LogP contribution in [-0.2, 0) is 4.79 Å². The summed E-state index contributed by atoms with van der Waals surface area (Å²) in [5.41, 5.74) is 1.00. The molecule has 0 bridgehead atoms. The standard InChI is InChI=1S/C19H16ClN3O4/c20-15-9-5-12(11-17(15)23(26)27)6-10-18(24)22-16-4-2-1-3-14(16)19(25)21-13-7-8-13/h1-6,9-11,13H,7-8H2,(H,21,25)(H,22,24). The maximum absolute atomic E-state index is 12.3. The van der Waals surface area contributed by atoms with Crippen molar-refractivity contribution >= 4 is 40.9 Å². The summed E-state index contributed by atoms with van der Waals surface area (Å²) < 4.78 is 0. The van der Waals surface area contributed by atoms with Crippen LogP contribution in [0.15, 0.2) is 48.5 Å². The predicted molar refractivity (Wildman–Crippen MR) is 103 cm³/mol. The van der Waals surface area contributed by atoms with Crippen LogP contribution in [0.1, 0.15) is 28.8 Å². The van der Waals surface area contributed by atoms with Gasteiger partial charge in [0.25, 0.3) is 11.6 Å². The molecule has 0 atom stereocenters. The predicted octanol–water partition coefficient (Wildman–Crippen LogP) is 3.79. The zero-order valence-electron chi connectivity index (χ0n) is 14.1. The van der Waals surface area contributed by atoms with Gasteiger partial charge in [0, 0.05) is 18.2 Å². The molecule has 27 heavy (non-hydrogen) atoms. The number of amides is 2. The van der Waals surface area contributed by atoms with Gasteiger partial charge in [-0.25, -0.2) is 0 Å². The lowest BCUT2D eigenvalue weighted by molar-refractivity contribution is -0.384. The summed E-state index contributed by atoms with van der Waals surface area (Å²) in [6.45, 7) is 0. The van der Waals surface area contributed by atoms with Crippen LogP contribution in [0, 0.1) is 10.1 Å². The first-order chi connectivity index (χ1) is 12.9. The van der Waals surface area contributed by atoms with E-state index in [-0.39, 0.29) is 22.7 Å². The fourth-order valence-electron chi connectivity index (χ4n) is 2.40. The first-order valence-corrected chi connectivity index (χ1v) is 8.65. The van der Waals surface area contributed by atoms with E-state index in [2.05, 4.69) is 10.6 Å². The van der Waals surface area contributed by atoms with Crippen LogP contribution in [0.5, 0.6) is 0 Å². The third-order valence-corrected chi connectivity index (χ3v) is 4.26. The molecule has 8 heteroatoms. The zero-order chi connectivity index (χ0) is 19.4. The lowest BCUT2D eigenvalue weighted by Gasteiger charge is -2.09. The molecule has 1 fully saturated rings. The highest BCUT2D eigenvalue weighted by atomic mass is 35.5. The van der Waals surface area contributed by atoms with Crippen molar-refractivity contribution in [1.29, 1.82) is 0 Å². The second-order valence-electron chi connectivity index (χ2n) is 6.08. The fourth-order valence-corrected chi connectivity index (χ4v) is 2.59. The minimum Gasteiger partial charge on any atom is -0.349 e. The SMILES string of the molecule is O=C(C=Cc1ccc(Cl)c([N+](=O)[O-])c1)Nc1ccccc1C(=O)NC1CC1. The van der Waals surface area contributed by atoms with E-state index >= 15 is 0 Å².